The lowest BCUT2D eigenvalue weighted by atomic mass is 10.1. The van der Waals surface area contributed by atoms with Crippen molar-refractivity contribution in [3.63, 3.8) is 0 Å². The molecule has 0 spiro atoms. The average molecular weight is 436 g/mol. The predicted molar refractivity (Wildman–Crippen MR) is 109 cm³/mol. The van der Waals surface area contributed by atoms with Crippen molar-refractivity contribution in [1.82, 2.24) is 14.7 Å². The molecule has 3 aliphatic heterocycles. The molecule has 0 aromatic heterocycles. The van der Waals surface area contributed by atoms with E-state index in [1.807, 2.05) is 9.80 Å². The van der Waals surface area contributed by atoms with Gasteiger partial charge in [0.15, 0.2) is 0 Å². The second-order valence-corrected chi connectivity index (χ2v) is 8.77. The highest BCUT2D eigenvalue weighted by molar-refractivity contribution is 6.36. The normalized spacial score (nSPS) is 27.5. The van der Waals surface area contributed by atoms with Gasteiger partial charge in [-0.05, 0) is 31.4 Å². The van der Waals surface area contributed by atoms with E-state index in [2.05, 4.69) is 6.07 Å². The van der Waals surface area contributed by atoms with Crippen molar-refractivity contribution in [2.45, 2.75) is 50.0 Å². The Morgan fingerprint density at radius 1 is 1.34 bits per heavy atom. The van der Waals surface area contributed by atoms with Crippen molar-refractivity contribution in [3.8, 4) is 6.07 Å². The van der Waals surface area contributed by atoms with E-state index in [0.29, 0.717) is 49.1 Å². The van der Waals surface area contributed by atoms with Crippen LogP contribution in [-0.4, -0.2) is 70.3 Å². The minimum atomic E-state index is -0.734. The number of rotatable bonds is 5. The van der Waals surface area contributed by atoms with Gasteiger partial charge < -0.3 is 15.5 Å². The molecule has 1 aromatic rings. The van der Waals surface area contributed by atoms with Crippen LogP contribution in [0.4, 0.5) is 0 Å². The lowest BCUT2D eigenvalue weighted by Gasteiger charge is -2.35. The zero-order valence-electron chi connectivity index (χ0n) is 15.9. The third-order valence-electron chi connectivity index (χ3n) is 6.21. The summed E-state index contributed by atoms with van der Waals surface area (Å²) in [5.41, 5.74) is 6.92. The highest BCUT2D eigenvalue weighted by Crippen LogP contribution is 2.35. The Labute approximate surface area is 179 Å². The maximum atomic E-state index is 12.9. The molecule has 4 atom stereocenters. The molecule has 2 bridgehead atoms. The Morgan fingerprint density at radius 2 is 2.07 bits per heavy atom. The number of carbonyl (C=O) groups excluding carboxylic acids is 2. The summed E-state index contributed by atoms with van der Waals surface area (Å²) in [6.45, 7) is 1.94. The second kappa shape index (κ2) is 8.11. The van der Waals surface area contributed by atoms with Gasteiger partial charge in [0.2, 0.25) is 11.8 Å². The van der Waals surface area contributed by atoms with E-state index in [9.17, 15) is 14.9 Å². The first-order valence-corrected chi connectivity index (χ1v) is 10.6. The van der Waals surface area contributed by atoms with Gasteiger partial charge >= 0.3 is 0 Å². The van der Waals surface area contributed by atoms with E-state index in [1.165, 1.54) is 0 Å². The number of fused-ring (bicyclic) bond motifs is 2. The molecule has 154 valence electrons. The van der Waals surface area contributed by atoms with Gasteiger partial charge in [-0.2, -0.15) is 5.26 Å². The van der Waals surface area contributed by atoms with Gasteiger partial charge in [-0.1, -0.05) is 29.3 Å². The number of piperazine rings is 1. The van der Waals surface area contributed by atoms with Crippen molar-refractivity contribution in [2.24, 2.45) is 5.73 Å². The van der Waals surface area contributed by atoms with E-state index in [0.717, 1.165) is 12.0 Å². The molecule has 2 amide bonds. The highest BCUT2D eigenvalue weighted by atomic mass is 35.5. The van der Waals surface area contributed by atoms with Crippen LogP contribution >= 0.6 is 23.2 Å². The van der Waals surface area contributed by atoms with Gasteiger partial charge in [0.1, 0.15) is 6.04 Å². The number of hydrogen-bond acceptors (Lipinski definition) is 5. The Balaban J connectivity index is 1.39. The smallest absolute Gasteiger partial charge is 0.241 e. The minimum absolute atomic E-state index is 0.0213. The number of amides is 2. The Hall–Kier alpha value is -1.85. The summed E-state index contributed by atoms with van der Waals surface area (Å²) in [5.74, 6) is -0.183. The van der Waals surface area contributed by atoms with E-state index in [-0.39, 0.29) is 29.9 Å². The molecule has 0 radical (unpaired) electrons. The number of likely N-dealkylation sites (tertiary alicyclic amines) is 3. The number of nitrogens with two attached hydrogens (primary N) is 1. The zero-order valence-corrected chi connectivity index (χ0v) is 17.4. The Bertz CT molecular complexity index is 853. The molecule has 3 fully saturated rings. The molecule has 29 heavy (non-hydrogen) atoms. The average Bonchev–Trinajstić information content (AvgIpc) is 3.39. The minimum Gasteiger partial charge on any atom is -0.333 e. The van der Waals surface area contributed by atoms with Gasteiger partial charge in [-0.15, -0.1) is 0 Å². The lowest BCUT2D eigenvalue weighted by Crippen LogP contribution is -2.56. The van der Waals surface area contributed by atoms with Crippen LogP contribution < -0.4 is 5.73 Å². The number of benzene rings is 1. The summed E-state index contributed by atoms with van der Waals surface area (Å²) < 4.78 is 0. The van der Waals surface area contributed by atoms with Crippen LogP contribution in [0.3, 0.4) is 0 Å². The van der Waals surface area contributed by atoms with Crippen LogP contribution in [-0.2, 0) is 16.1 Å². The molecule has 7 nitrogen and oxygen atoms in total. The monoisotopic (exact) mass is 435 g/mol. The Morgan fingerprint density at radius 3 is 2.72 bits per heavy atom. The Kier molecular flexibility index (Phi) is 5.71. The van der Waals surface area contributed by atoms with Crippen LogP contribution in [0.25, 0.3) is 0 Å². The van der Waals surface area contributed by atoms with E-state index >= 15 is 0 Å². The summed E-state index contributed by atoms with van der Waals surface area (Å²) in [6.07, 6.45) is 2.23. The summed E-state index contributed by atoms with van der Waals surface area (Å²) in [5, 5.41) is 10.3. The summed E-state index contributed by atoms with van der Waals surface area (Å²) in [7, 11) is 0. The van der Waals surface area contributed by atoms with Crippen LogP contribution in [0, 0.1) is 11.3 Å². The van der Waals surface area contributed by atoms with E-state index in [4.69, 9.17) is 28.9 Å². The summed E-state index contributed by atoms with van der Waals surface area (Å²) >= 11 is 12.5. The van der Waals surface area contributed by atoms with Gasteiger partial charge in [0, 0.05) is 47.8 Å². The van der Waals surface area contributed by atoms with Crippen LogP contribution in [0.5, 0.6) is 0 Å². The van der Waals surface area contributed by atoms with Crippen molar-refractivity contribution < 1.29 is 9.59 Å². The number of halogens is 2. The fourth-order valence-electron chi connectivity index (χ4n) is 4.70. The van der Waals surface area contributed by atoms with Crippen molar-refractivity contribution in [3.05, 3.63) is 33.8 Å². The second-order valence-electron chi connectivity index (χ2n) is 7.95. The molecular formula is C20H23Cl2N5O2. The molecule has 9 heteroatoms. The van der Waals surface area contributed by atoms with Crippen molar-refractivity contribution in [2.75, 3.05) is 19.6 Å². The maximum absolute atomic E-state index is 12.9. The van der Waals surface area contributed by atoms with Gasteiger partial charge in [-0.25, -0.2) is 0 Å². The third kappa shape index (κ3) is 3.71. The largest absolute Gasteiger partial charge is 0.333 e. The van der Waals surface area contributed by atoms with Crippen LogP contribution in [0.2, 0.25) is 10.0 Å². The van der Waals surface area contributed by atoms with Gasteiger partial charge in [0.05, 0.1) is 18.2 Å². The molecule has 0 unspecified atom stereocenters. The van der Waals surface area contributed by atoms with Crippen LogP contribution in [0.1, 0.15) is 24.8 Å². The number of carbonyl (C=O) groups is 2. The maximum Gasteiger partial charge on any atom is 0.241 e. The molecule has 2 N–H and O–H groups in total. The number of nitriles is 1. The van der Waals surface area contributed by atoms with Crippen molar-refractivity contribution in [1.29, 1.82) is 5.26 Å². The molecule has 0 saturated carbocycles. The molecule has 3 aliphatic rings. The molecule has 3 saturated heterocycles. The molecule has 4 rings (SSSR count). The van der Waals surface area contributed by atoms with Gasteiger partial charge in [0.25, 0.3) is 0 Å². The molecular weight excluding hydrogens is 413 g/mol. The molecule has 1 aromatic carbocycles. The molecule has 3 heterocycles. The van der Waals surface area contributed by atoms with E-state index in [1.54, 1.807) is 23.1 Å². The quantitative estimate of drug-likeness (QED) is 0.757. The third-order valence-corrected chi connectivity index (χ3v) is 6.92. The predicted octanol–water partition coefficient (Wildman–Crippen LogP) is 1.62. The van der Waals surface area contributed by atoms with Crippen LogP contribution in [0.15, 0.2) is 18.2 Å². The first-order chi connectivity index (χ1) is 13.9. The zero-order chi connectivity index (χ0) is 20.7. The first-order valence-electron chi connectivity index (χ1n) is 9.83. The number of nitrogens with zero attached hydrogens (tertiary/aromatic N) is 4. The van der Waals surface area contributed by atoms with Crippen molar-refractivity contribution >= 4 is 35.0 Å². The lowest BCUT2D eigenvalue weighted by molar-refractivity contribution is -0.139. The first kappa shape index (κ1) is 20.4. The standard InChI is InChI=1S/C20H23Cl2N5O2/c21-15-4-1-5-16(22)14(15)10-27-13-7-18(20(27)29)25(9-13)11-17(24)19(28)26-6-2-3-12(26)8-23/h1,4-5,12-13,17-18H,2-3,6-7,9-11,24H2/t12-,13-,17-,18-/m0/s1. The highest BCUT2D eigenvalue weighted by Gasteiger charge is 2.50. The fourth-order valence-corrected chi connectivity index (χ4v) is 5.22. The summed E-state index contributed by atoms with van der Waals surface area (Å²) in [4.78, 5) is 31.0. The molecule has 0 aliphatic carbocycles. The number of hydrogen-bond donors (Lipinski definition) is 1. The fraction of sp³-hybridized carbons (Fsp3) is 0.550. The van der Waals surface area contributed by atoms with E-state index < -0.39 is 6.04 Å². The van der Waals surface area contributed by atoms with Gasteiger partial charge in [-0.3, -0.25) is 14.5 Å². The topological polar surface area (TPSA) is 93.7 Å². The summed E-state index contributed by atoms with van der Waals surface area (Å²) in [6, 6.07) is 6.15. The SMILES string of the molecule is N#C[C@@H]1CCCN1C(=O)[C@@H](N)CN1C[C@@H]2C[C@H]1C(=O)N2Cc1c(Cl)cccc1Cl.